The first kappa shape index (κ1) is 33.3. The first-order valence-electron chi connectivity index (χ1n) is 13.2. The third kappa shape index (κ3) is 10.9. The Balaban J connectivity index is 0.000000391. The summed E-state index contributed by atoms with van der Waals surface area (Å²) in [4.78, 5) is 46.7. The molecule has 12 nitrogen and oxygen atoms in total. The van der Waals surface area contributed by atoms with Gasteiger partial charge in [0.05, 0.1) is 35.8 Å². The zero-order chi connectivity index (χ0) is 29.8. The Kier molecular flexibility index (Phi) is 13.4. The summed E-state index contributed by atoms with van der Waals surface area (Å²) in [6.07, 6.45) is 1.46. The van der Waals surface area contributed by atoms with E-state index in [4.69, 9.17) is 9.47 Å². The van der Waals surface area contributed by atoms with Gasteiger partial charge in [0.25, 0.3) is 0 Å². The predicted molar refractivity (Wildman–Crippen MR) is 146 cm³/mol. The Hall–Kier alpha value is -3.70. The fourth-order valence-electron chi connectivity index (χ4n) is 3.08. The fraction of sp³-hybridized carbons (Fsp3) is 0.630. The fourth-order valence-corrected chi connectivity index (χ4v) is 3.08. The number of carbonyl (C=O) groups is 4. The monoisotopic (exact) mass is 548 g/mol. The molecule has 1 unspecified atom stereocenters. The van der Waals surface area contributed by atoms with Crippen LogP contribution in [-0.2, 0) is 19.1 Å². The van der Waals surface area contributed by atoms with E-state index in [1.165, 1.54) is 9.36 Å². The number of aromatic nitrogens is 4. The molecular weight excluding hydrogens is 504 g/mol. The largest absolute Gasteiger partial charge is 0.464 e. The van der Waals surface area contributed by atoms with Gasteiger partial charge in [-0.2, -0.15) is 19.6 Å². The van der Waals surface area contributed by atoms with Crippen molar-refractivity contribution in [2.75, 3.05) is 26.3 Å². The molecule has 12 heteroatoms. The molecular formula is C27H44N6O6. The molecule has 0 aliphatic rings. The molecule has 0 saturated heterocycles. The van der Waals surface area contributed by atoms with Crippen LogP contribution in [0.2, 0.25) is 0 Å². The van der Waals surface area contributed by atoms with Crippen LogP contribution in [0.4, 0.5) is 9.59 Å². The van der Waals surface area contributed by atoms with Crippen molar-refractivity contribution in [2.24, 2.45) is 11.3 Å². The summed E-state index contributed by atoms with van der Waals surface area (Å²) >= 11 is 0. The number of esters is 2. The van der Waals surface area contributed by atoms with Crippen molar-refractivity contribution in [1.82, 2.24) is 30.2 Å². The Bertz CT molecular complexity index is 1120. The number of nitrogens with one attached hydrogen (secondary N) is 2. The van der Waals surface area contributed by atoms with Crippen LogP contribution in [0.25, 0.3) is 0 Å². The Labute approximate surface area is 230 Å². The number of hydrogen-bond acceptors (Lipinski definition) is 8. The second kappa shape index (κ2) is 15.6. The minimum atomic E-state index is -0.486. The quantitative estimate of drug-likeness (QED) is 0.338. The lowest BCUT2D eigenvalue weighted by Crippen LogP contribution is -2.34. The first-order valence-corrected chi connectivity index (χ1v) is 13.2. The van der Waals surface area contributed by atoms with Gasteiger partial charge >= 0.3 is 24.0 Å². The van der Waals surface area contributed by atoms with E-state index in [9.17, 15) is 19.2 Å². The van der Waals surface area contributed by atoms with E-state index in [0.717, 1.165) is 29.2 Å². The van der Waals surface area contributed by atoms with E-state index in [1.54, 1.807) is 0 Å². The summed E-state index contributed by atoms with van der Waals surface area (Å²) in [7, 11) is 0. The van der Waals surface area contributed by atoms with Crippen molar-refractivity contribution in [2.45, 2.75) is 75.2 Å². The Morgan fingerprint density at radius 2 is 1.28 bits per heavy atom. The molecule has 39 heavy (non-hydrogen) atoms. The van der Waals surface area contributed by atoms with Crippen LogP contribution in [0.3, 0.4) is 0 Å². The predicted octanol–water partition coefficient (Wildman–Crippen LogP) is 3.68. The van der Waals surface area contributed by atoms with Crippen molar-refractivity contribution >= 4 is 24.0 Å². The molecule has 2 heterocycles. The molecule has 218 valence electrons. The summed E-state index contributed by atoms with van der Waals surface area (Å²) in [5, 5.41) is 13.4. The van der Waals surface area contributed by atoms with Gasteiger partial charge in [-0.05, 0) is 66.5 Å². The van der Waals surface area contributed by atoms with Gasteiger partial charge in [-0.15, -0.1) is 0 Å². The maximum absolute atomic E-state index is 11.8. The zero-order valence-corrected chi connectivity index (χ0v) is 24.7. The summed E-state index contributed by atoms with van der Waals surface area (Å²) in [6.45, 7) is 17.5. The molecule has 2 N–H and O–H groups in total. The molecule has 2 amide bonds. The smallest absolute Gasteiger partial charge is 0.342 e. The second-order valence-corrected chi connectivity index (χ2v) is 9.99. The number of carbonyl (C=O) groups excluding carboxylic acids is 4. The van der Waals surface area contributed by atoms with Crippen LogP contribution in [-0.4, -0.2) is 69.9 Å². The number of aryl methyl sites for hydroxylation is 4. The van der Waals surface area contributed by atoms with Gasteiger partial charge in [-0.1, -0.05) is 20.8 Å². The molecule has 0 bridgehead atoms. The highest BCUT2D eigenvalue weighted by Crippen LogP contribution is 2.21. The third-order valence-corrected chi connectivity index (χ3v) is 6.09. The van der Waals surface area contributed by atoms with Crippen molar-refractivity contribution < 1.29 is 28.7 Å². The average molecular weight is 549 g/mol. The molecule has 0 fully saturated rings. The van der Waals surface area contributed by atoms with Crippen LogP contribution >= 0.6 is 0 Å². The molecule has 0 aliphatic carbocycles. The highest BCUT2D eigenvalue weighted by molar-refractivity contribution is 5.77. The molecule has 2 aromatic rings. The highest BCUT2D eigenvalue weighted by Gasteiger charge is 2.26. The standard InChI is InChI=1S/C14H23N3O3.C13H21N3O3/c1-6-14(4,5)12(18)20-8-7-15-13(19)17-11(3)9-10(2)16-17;1-5-9(2)12(17)19-7-6-14-13(18)16-11(4)8-10(3)15-16/h9H,6-8H2,1-5H3,(H,15,19);8-9H,5-7H2,1-4H3,(H,14,18). The van der Waals surface area contributed by atoms with Gasteiger partial charge in [0, 0.05) is 11.4 Å². The van der Waals surface area contributed by atoms with Crippen molar-refractivity contribution in [3.05, 3.63) is 34.9 Å². The third-order valence-electron chi connectivity index (χ3n) is 6.09. The van der Waals surface area contributed by atoms with Crippen LogP contribution in [0.15, 0.2) is 12.1 Å². The highest BCUT2D eigenvalue weighted by atomic mass is 16.5. The molecule has 0 radical (unpaired) electrons. The van der Waals surface area contributed by atoms with Gasteiger partial charge in [0.15, 0.2) is 0 Å². The Morgan fingerprint density at radius 1 is 0.846 bits per heavy atom. The van der Waals surface area contributed by atoms with E-state index in [0.29, 0.717) is 6.42 Å². The number of nitrogens with zero attached hydrogens (tertiary/aromatic N) is 4. The molecule has 0 aliphatic heterocycles. The van der Waals surface area contributed by atoms with Crippen LogP contribution in [0.1, 0.15) is 70.2 Å². The minimum absolute atomic E-state index is 0.105. The molecule has 1 atom stereocenters. The normalized spacial score (nSPS) is 11.6. The zero-order valence-electron chi connectivity index (χ0n) is 24.7. The molecule has 2 aromatic heterocycles. The molecule has 2 rings (SSSR count). The van der Waals surface area contributed by atoms with Gasteiger partial charge in [-0.25, -0.2) is 9.59 Å². The number of amides is 2. The minimum Gasteiger partial charge on any atom is -0.464 e. The van der Waals surface area contributed by atoms with Gasteiger partial charge in [0.1, 0.15) is 13.2 Å². The average Bonchev–Trinajstić information content (AvgIpc) is 3.42. The van der Waals surface area contributed by atoms with Gasteiger partial charge in [-0.3, -0.25) is 9.59 Å². The van der Waals surface area contributed by atoms with Gasteiger partial charge < -0.3 is 20.1 Å². The van der Waals surface area contributed by atoms with Crippen molar-refractivity contribution in [1.29, 1.82) is 0 Å². The number of rotatable bonds is 10. The molecule has 0 spiro atoms. The molecule has 0 saturated carbocycles. The number of ether oxygens (including phenoxy) is 2. The van der Waals surface area contributed by atoms with E-state index in [1.807, 2.05) is 74.4 Å². The summed E-state index contributed by atoms with van der Waals surface area (Å²) in [5.41, 5.74) is 2.63. The Morgan fingerprint density at radius 3 is 1.64 bits per heavy atom. The first-order chi connectivity index (χ1) is 18.2. The maximum atomic E-state index is 11.8. The lowest BCUT2D eigenvalue weighted by Gasteiger charge is -2.20. The van der Waals surface area contributed by atoms with Crippen LogP contribution in [0.5, 0.6) is 0 Å². The lowest BCUT2D eigenvalue weighted by atomic mass is 9.91. The van der Waals surface area contributed by atoms with E-state index in [-0.39, 0.29) is 56.2 Å². The van der Waals surface area contributed by atoms with Crippen LogP contribution < -0.4 is 10.6 Å². The van der Waals surface area contributed by atoms with Crippen molar-refractivity contribution in [3.8, 4) is 0 Å². The lowest BCUT2D eigenvalue weighted by molar-refractivity contribution is -0.154. The maximum Gasteiger partial charge on any atom is 0.342 e. The van der Waals surface area contributed by atoms with Crippen LogP contribution in [0, 0.1) is 39.0 Å². The summed E-state index contributed by atoms with van der Waals surface area (Å²) in [6, 6.07) is 3.01. The summed E-state index contributed by atoms with van der Waals surface area (Å²) in [5.74, 6) is -0.588. The topological polar surface area (TPSA) is 146 Å². The van der Waals surface area contributed by atoms with E-state index >= 15 is 0 Å². The SMILES string of the molecule is CCC(C)(C)C(=O)OCCNC(=O)n1nc(C)cc1C.CCC(C)C(=O)OCCNC(=O)n1nc(C)cc1C. The van der Waals surface area contributed by atoms with Crippen molar-refractivity contribution in [3.63, 3.8) is 0 Å². The van der Waals surface area contributed by atoms with E-state index < -0.39 is 5.41 Å². The van der Waals surface area contributed by atoms with Gasteiger partial charge in [0.2, 0.25) is 0 Å². The second-order valence-electron chi connectivity index (χ2n) is 9.99. The summed E-state index contributed by atoms with van der Waals surface area (Å²) < 4.78 is 12.8. The van der Waals surface area contributed by atoms with E-state index in [2.05, 4.69) is 20.8 Å². The molecule has 0 aromatic carbocycles. The number of hydrogen-bond donors (Lipinski definition) is 2.